The molecule has 0 radical (unpaired) electrons. The molecule has 0 spiro atoms. The summed E-state index contributed by atoms with van der Waals surface area (Å²) in [6, 6.07) is -0.0647. The maximum Gasteiger partial charge on any atom is 0.317 e. The molecular weight excluding hydrogens is 244 g/mol. The number of amides is 2. The second kappa shape index (κ2) is 8.77. The molecule has 1 atom stereocenters. The molecule has 0 aromatic carbocycles. The lowest BCUT2D eigenvalue weighted by atomic mass is 10.0. The van der Waals surface area contributed by atoms with Crippen molar-refractivity contribution in [1.82, 2.24) is 10.2 Å². The van der Waals surface area contributed by atoms with Crippen LogP contribution in [0.2, 0.25) is 0 Å². The number of carboxylic acid groups (broad SMARTS) is 1. The first-order valence-corrected chi connectivity index (χ1v) is 7.03. The Hall–Kier alpha value is -1.26. The lowest BCUT2D eigenvalue weighted by Crippen LogP contribution is -2.47. The van der Waals surface area contributed by atoms with Gasteiger partial charge in [0.2, 0.25) is 0 Å². The van der Waals surface area contributed by atoms with Crippen molar-refractivity contribution >= 4 is 12.0 Å². The topological polar surface area (TPSA) is 69.6 Å². The Morgan fingerprint density at radius 1 is 1.11 bits per heavy atom. The Bertz CT molecular complexity index is 290. The van der Waals surface area contributed by atoms with Crippen LogP contribution in [0, 0.1) is 5.92 Å². The largest absolute Gasteiger partial charge is 0.481 e. The number of carbonyl (C=O) groups is 2. The molecule has 0 rings (SSSR count). The van der Waals surface area contributed by atoms with Gasteiger partial charge in [0, 0.05) is 18.6 Å². The summed E-state index contributed by atoms with van der Waals surface area (Å²) in [4.78, 5) is 24.2. The van der Waals surface area contributed by atoms with Crippen molar-refractivity contribution in [1.29, 1.82) is 0 Å². The van der Waals surface area contributed by atoms with Crippen LogP contribution >= 0.6 is 0 Å². The lowest BCUT2D eigenvalue weighted by molar-refractivity contribution is -0.137. The van der Waals surface area contributed by atoms with Crippen LogP contribution < -0.4 is 5.32 Å². The standard InChI is InChI=1S/C14H28N2O3/c1-10(2)6-7-12(5)15-14(19)16(11(3)4)9-8-13(17)18/h10-12H,6-9H2,1-5H3,(H,15,19)(H,17,18). The predicted molar refractivity (Wildman–Crippen MR) is 76.2 cm³/mol. The van der Waals surface area contributed by atoms with Gasteiger partial charge >= 0.3 is 12.0 Å². The summed E-state index contributed by atoms with van der Waals surface area (Å²) in [6.45, 7) is 10.3. The normalized spacial score (nSPS) is 12.6. The van der Waals surface area contributed by atoms with Crippen LogP contribution in [0.25, 0.3) is 0 Å². The van der Waals surface area contributed by atoms with Gasteiger partial charge in [-0.1, -0.05) is 13.8 Å². The first kappa shape index (κ1) is 17.7. The molecule has 1 unspecified atom stereocenters. The SMILES string of the molecule is CC(C)CCC(C)NC(=O)N(CCC(=O)O)C(C)C. The van der Waals surface area contributed by atoms with Crippen molar-refractivity contribution in [2.45, 2.75) is 66.0 Å². The number of rotatable bonds is 8. The molecule has 0 bridgehead atoms. The number of urea groups is 1. The van der Waals surface area contributed by atoms with E-state index in [-0.39, 0.29) is 31.1 Å². The van der Waals surface area contributed by atoms with E-state index in [1.54, 1.807) is 4.90 Å². The first-order valence-electron chi connectivity index (χ1n) is 7.03. The van der Waals surface area contributed by atoms with Crippen LogP contribution in [0.1, 0.15) is 53.9 Å². The third-order valence-electron chi connectivity index (χ3n) is 3.00. The Kier molecular flexibility index (Phi) is 8.19. The van der Waals surface area contributed by atoms with Crippen molar-refractivity contribution in [3.63, 3.8) is 0 Å². The monoisotopic (exact) mass is 272 g/mol. The van der Waals surface area contributed by atoms with Gasteiger partial charge in [0.05, 0.1) is 6.42 Å². The average Bonchev–Trinajstić information content (AvgIpc) is 2.25. The Morgan fingerprint density at radius 2 is 1.68 bits per heavy atom. The zero-order valence-corrected chi connectivity index (χ0v) is 12.8. The van der Waals surface area contributed by atoms with Crippen molar-refractivity contribution in [3.05, 3.63) is 0 Å². The van der Waals surface area contributed by atoms with Gasteiger partial charge in [-0.2, -0.15) is 0 Å². The smallest absolute Gasteiger partial charge is 0.317 e. The van der Waals surface area contributed by atoms with Crippen molar-refractivity contribution in [2.75, 3.05) is 6.54 Å². The van der Waals surface area contributed by atoms with Gasteiger partial charge < -0.3 is 15.3 Å². The highest BCUT2D eigenvalue weighted by molar-refractivity contribution is 5.75. The minimum atomic E-state index is -0.883. The molecule has 0 aliphatic carbocycles. The van der Waals surface area contributed by atoms with Gasteiger partial charge in [-0.3, -0.25) is 4.79 Å². The van der Waals surface area contributed by atoms with E-state index < -0.39 is 5.97 Å². The molecule has 19 heavy (non-hydrogen) atoms. The molecule has 0 fully saturated rings. The second-order valence-electron chi connectivity index (χ2n) is 5.75. The summed E-state index contributed by atoms with van der Waals surface area (Å²) < 4.78 is 0. The molecule has 112 valence electrons. The third-order valence-corrected chi connectivity index (χ3v) is 3.00. The van der Waals surface area contributed by atoms with Crippen LogP contribution in [0.4, 0.5) is 4.79 Å². The maximum atomic E-state index is 12.1. The van der Waals surface area contributed by atoms with Gasteiger partial charge in [0.1, 0.15) is 0 Å². The highest BCUT2D eigenvalue weighted by Gasteiger charge is 2.19. The van der Waals surface area contributed by atoms with Gasteiger partial charge in [0.25, 0.3) is 0 Å². The lowest BCUT2D eigenvalue weighted by Gasteiger charge is -2.28. The number of nitrogens with zero attached hydrogens (tertiary/aromatic N) is 1. The molecule has 0 aliphatic rings. The molecule has 5 heteroatoms. The van der Waals surface area contributed by atoms with Gasteiger partial charge in [-0.15, -0.1) is 0 Å². The first-order chi connectivity index (χ1) is 8.73. The van der Waals surface area contributed by atoms with Gasteiger partial charge in [0.15, 0.2) is 0 Å². The number of carbonyl (C=O) groups excluding carboxylic acids is 1. The van der Waals surface area contributed by atoms with E-state index in [4.69, 9.17) is 5.11 Å². The number of hydrogen-bond donors (Lipinski definition) is 2. The van der Waals surface area contributed by atoms with Gasteiger partial charge in [-0.05, 0) is 39.5 Å². The van der Waals surface area contributed by atoms with E-state index in [0.29, 0.717) is 5.92 Å². The molecule has 2 amide bonds. The van der Waals surface area contributed by atoms with Crippen molar-refractivity contribution < 1.29 is 14.7 Å². The predicted octanol–water partition coefficient (Wildman–Crippen LogP) is 2.71. The number of hydrogen-bond acceptors (Lipinski definition) is 2. The van der Waals surface area contributed by atoms with Crippen LogP contribution in [-0.4, -0.2) is 40.6 Å². The summed E-state index contributed by atoms with van der Waals surface area (Å²) in [5.41, 5.74) is 0. The van der Waals surface area contributed by atoms with E-state index in [9.17, 15) is 9.59 Å². The molecule has 0 saturated heterocycles. The minimum Gasteiger partial charge on any atom is -0.481 e. The Labute approximate surface area is 116 Å². The van der Waals surface area contributed by atoms with Crippen LogP contribution in [0.15, 0.2) is 0 Å². The summed E-state index contributed by atoms with van der Waals surface area (Å²) in [5.74, 6) is -0.265. The van der Waals surface area contributed by atoms with E-state index in [0.717, 1.165) is 12.8 Å². The van der Waals surface area contributed by atoms with Crippen LogP contribution in [-0.2, 0) is 4.79 Å². The molecule has 5 nitrogen and oxygen atoms in total. The van der Waals surface area contributed by atoms with E-state index >= 15 is 0 Å². The van der Waals surface area contributed by atoms with Crippen molar-refractivity contribution in [2.24, 2.45) is 5.92 Å². The molecule has 0 heterocycles. The molecule has 2 N–H and O–H groups in total. The molecule has 0 aromatic heterocycles. The van der Waals surface area contributed by atoms with Crippen LogP contribution in [0.3, 0.4) is 0 Å². The van der Waals surface area contributed by atoms with E-state index in [2.05, 4.69) is 19.2 Å². The highest BCUT2D eigenvalue weighted by atomic mass is 16.4. The quantitative estimate of drug-likeness (QED) is 0.713. The Morgan fingerprint density at radius 3 is 2.11 bits per heavy atom. The fourth-order valence-electron chi connectivity index (χ4n) is 1.76. The van der Waals surface area contributed by atoms with Crippen LogP contribution in [0.5, 0.6) is 0 Å². The number of carboxylic acids is 1. The van der Waals surface area contributed by atoms with Gasteiger partial charge in [-0.25, -0.2) is 4.79 Å². The third kappa shape index (κ3) is 8.46. The summed E-state index contributed by atoms with van der Waals surface area (Å²) in [5, 5.41) is 11.6. The van der Waals surface area contributed by atoms with Crippen molar-refractivity contribution in [3.8, 4) is 0 Å². The molecular formula is C14H28N2O3. The fraction of sp³-hybridized carbons (Fsp3) is 0.857. The molecule has 0 aromatic rings. The minimum absolute atomic E-state index is 0.00310. The summed E-state index contributed by atoms with van der Waals surface area (Å²) in [6.07, 6.45) is 1.98. The summed E-state index contributed by atoms with van der Waals surface area (Å²) >= 11 is 0. The zero-order valence-electron chi connectivity index (χ0n) is 12.8. The molecule has 0 aliphatic heterocycles. The maximum absolute atomic E-state index is 12.1. The zero-order chi connectivity index (χ0) is 15.0. The average molecular weight is 272 g/mol. The fourth-order valence-corrected chi connectivity index (χ4v) is 1.76. The number of nitrogens with one attached hydrogen (secondary N) is 1. The second-order valence-corrected chi connectivity index (χ2v) is 5.75. The Balaban J connectivity index is 4.27. The van der Waals surface area contributed by atoms with E-state index in [1.165, 1.54) is 0 Å². The highest BCUT2D eigenvalue weighted by Crippen LogP contribution is 2.08. The summed E-state index contributed by atoms with van der Waals surface area (Å²) in [7, 11) is 0. The molecule has 0 saturated carbocycles. The number of aliphatic carboxylic acids is 1. The van der Waals surface area contributed by atoms with E-state index in [1.807, 2.05) is 20.8 Å².